The highest BCUT2D eigenvalue weighted by Crippen LogP contribution is 2.31. The van der Waals surface area contributed by atoms with Gasteiger partial charge in [-0.3, -0.25) is 0 Å². The molecular weight excluding hydrogens is 272 g/mol. The Kier molecular flexibility index (Phi) is 3.43. The van der Waals surface area contributed by atoms with E-state index in [0.717, 1.165) is 16.5 Å². The Morgan fingerprint density at radius 1 is 1.05 bits per heavy atom. The maximum absolute atomic E-state index is 11.2. The summed E-state index contributed by atoms with van der Waals surface area (Å²) in [5, 5.41) is 12.1. The summed E-state index contributed by atoms with van der Waals surface area (Å²) in [6.07, 6.45) is 0. The maximum Gasteiger partial charge on any atom is 0.335 e. The molecule has 0 radical (unpaired) electrons. The van der Waals surface area contributed by atoms with Crippen LogP contribution in [0.3, 0.4) is 0 Å². The van der Waals surface area contributed by atoms with Crippen LogP contribution in [0, 0.1) is 10.1 Å². The van der Waals surface area contributed by atoms with Crippen LogP contribution in [-0.4, -0.2) is 8.90 Å². The number of benzene rings is 2. The molecule has 0 saturated heterocycles. The van der Waals surface area contributed by atoms with Gasteiger partial charge in [-0.2, -0.15) is 3.97 Å². The zero-order chi connectivity index (χ0) is 13.9. The van der Waals surface area contributed by atoms with Crippen molar-refractivity contribution < 1.29 is 4.92 Å². The molecule has 0 fully saturated rings. The van der Waals surface area contributed by atoms with Crippen molar-refractivity contribution in [2.45, 2.75) is 5.75 Å². The van der Waals surface area contributed by atoms with Crippen LogP contribution >= 0.6 is 11.9 Å². The second kappa shape index (κ2) is 5.38. The number of aromatic nitrogens is 1. The van der Waals surface area contributed by atoms with Crippen LogP contribution in [0.5, 0.6) is 0 Å². The van der Waals surface area contributed by atoms with Gasteiger partial charge in [-0.05, 0) is 16.6 Å². The third kappa shape index (κ3) is 2.40. The van der Waals surface area contributed by atoms with E-state index < -0.39 is 0 Å². The average Bonchev–Trinajstić information content (AvgIpc) is 2.85. The molecule has 0 spiro atoms. The molecule has 0 unspecified atom stereocenters. The van der Waals surface area contributed by atoms with E-state index in [9.17, 15) is 10.1 Å². The van der Waals surface area contributed by atoms with E-state index in [1.807, 2.05) is 54.6 Å². The Morgan fingerprint density at radius 3 is 2.50 bits per heavy atom. The smallest absolute Gasteiger partial charge is 0.335 e. The summed E-state index contributed by atoms with van der Waals surface area (Å²) in [7, 11) is 0. The minimum absolute atomic E-state index is 0.118. The highest BCUT2D eigenvalue weighted by atomic mass is 32.2. The van der Waals surface area contributed by atoms with Crippen LogP contribution in [0.2, 0.25) is 0 Å². The molecule has 100 valence electrons. The van der Waals surface area contributed by atoms with Gasteiger partial charge >= 0.3 is 5.82 Å². The summed E-state index contributed by atoms with van der Waals surface area (Å²) in [6, 6.07) is 19.1. The van der Waals surface area contributed by atoms with Crippen LogP contribution < -0.4 is 0 Å². The van der Waals surface area contributed by atoms with E-state index in [2.05, 4.69) is 0 Å². The lowest BCUT2D eigenvalue weighted by Gasteiger charge is -2.01. The predicted octanol–water partition coefficient (Wildman–Crippen LogP) is 4.25. The van der Waals surface area contributed by atoms with Gasteiger partial charge in [-0.15, -0.1) is 0 Å². The van der Waals surface area contributed by atoms with Crippen molar-refractivity contribution in [3.8, 4) is 0 Å². The molecule has 0 atom stereocenters. The third-order valence-corrected chi connectivity index (χ3v) is 4.14. The first kappa shape index (κ1) is 12.7. The first-order valence-corrected chi connectivity index (χ1v) is 7.12. The molecule has 0 saturated carbocycles. The molecule has 2 aromatic carbocycles. The zero-order valence-corrected chi connectivity index (χ0v) is 11.4. The number of nitrogens with zero attached hydrogens (tertiary/aromatic N) is 2. The number of rotatable bonds is 4. The summed E-state index contributed by atoms with van der Waals surface area (Å²) in [4.78, 5) is 10.8. The fourth-order valence-corrected chi connectivity index (χ4v) is 3.12. The summed E-state index contributed by atoms with van der Waals surface area (Å²) < 4.78 is 1.70. The number of hydrogen-bond donors (Lipinski definition) is 0. The molecule has 3 rings (SSSR count). The van der Waals surface area contributed by atoms with Crippen molar-refractivity contribution in [2.24, 2.45) is 0 Å². The summed E-state index contributed by atoms with van der Waals surface area (Å²) >= 11 is 1.44. The zero-order valence-electron chi connectivity index (χ0n) is 10.6. The fourth-order valence-electron chi connectivity index (χ4n) is 2.09. The molecule has 0 N–H and O–H groups in total. The monoisotopic (exact) mass is 284 g/mol. The molecule has 0 aliphatic carbocycles. The van der Waals surface area contributed by atoms with Gasteiger partial charge in [0, 0.05) is 11.5 Å². The number of nitro groups is 1. The number of fused-ring (bicyclic) bond motifs is 1. The van der Waals surface area contributed by atoms with E-state index in [4.69, 9.17) is 0 Å². The first-order valence-electron chi connectivity index (χ1n) is 6.18. The minimum atomic E-state index is -0.335. The van der Waals surface area contributed by atoms with Crippen LogP contribution in [0.4, 0.5) is 5.82 Å². The van der Waals surface area contributed by atoms with Gasteiger partial charge in [0.25, 0.3) is 0 Å². The molecule has 1 aromatic heterocycles. The van der Waals surface area contributed by atoms with E-state index in [1.54, 1.807) is 10.0 Å². The summed E-state index contributed by atoms with van der Waals surface area (Å²) in [5.74, 6) is 0.813. The molecule has 0 aliphatic rings. The van der Waals surface area contributed by atoms with Gasteiger partial charge < -0.3 is 10.1 Å². The Balaban J connectivity index is 1.97. The Hall–Kier alpha value is -2.27. The number of para-hydroxylation sites is 1. The lowest BCUT2D eigenvalue weighted by Crippen LogP contribution is -1.96. The van der Waals surface area contributed by atoms with Crippen molar-refractivity contribution in [1.82, 2.24) is 3.97 Å². The second-order valence-corrected chi connectivity index (χ2v) is 5.28. The molecule has 1 heterocycles. The van der Waals surface area contributed by atoms with Crippen LogP contribution in [0.15, 0.2) is 60.7 Å². The standard InChI is InChI=1S/C15H12N2O2S/c18-17(19)15-10-13-8-4-5-9-14(13)16(15)20-11-12-6-2-1-3-7-12/h1-10H,11H2. The van der Waals surface area contributed by atoms with Gasteiger partial charge in [0.2, 0.25) is 0 Å². The molecule has 0 aliphatic heterocycles. The van der Waals surface area contributed by atoms with Crippen LogP contribution in [-0.2, 0) is 5.75 Å². The SMILES string of the molecule is O=[N+]([O-])c1cc2ccccc2n1SCc1ccccc1. The fraction of sp³-hybridized carbons (Fsp3) is 0.0667. The normalized spacial score (nSPS) is 10.8. The number of hydrogen-bond acceptors (Lipinski definition) is 3. The summed E-state index contributed by atoms with van der Waals surface area (Å²) in [6.45, 7) is 0. The molecule has 4 nitrogen and oxygen atoms in total. The predicted molar refractivity (Wildman–Crippen MR) is 81.7 cm³/mol. The highest BCUT2D eigenvalue weighted by Gasteiger charge is 2.19. The van der Waals surface area contributed by atoms with E-state index in [1.165, 1.54) is 11.9 Å². The lowest BCUT2D eigenvalue weighted by molar-refractivity contribution is -0.389. The molecule has 0 amide bonds. The minimum Gasteiger partial charge on any atom is -0.358 e. The summed E-state index contributed by atoms with van der Waals surface area (Å²) in [5.41, 5.74) is 2.02. The van der Waals surface area contributed by atoms with Crippen molar-refractivity contribution in [2.75, 3.05) is 0 Å². The molecule has 20 heavy (non-hydrogen) atoms. The van der Waals surface area contributed by atoms with E-state index >= 15 is 0 Å². The largest absolute Gasteiger partial charge is 0.358 e. The van der Waals surface area contributed by atoms with Crippen molar-refractivity contribution in [3.63, 3.8) is 0 Å². The lowest BCUT2D eigenvalue weighted by atomic mass is 10.2. The molecular formula is C15H12N2O2S. The van der Waals surface area contributed by atoms with Gasteiger partial charge in [0.1, 0.15) is 5.52 Å². The van der Waals surface area contributed by atoms with Gasteiger partial charge in [-0.1, -0.05) is 48.5 Å². The van der Waals surface area contributed by atoms with Crippen LogP contribution in [0.25, 0.3) is 10.9 Å². The van der Waals surface area contributed by atoms with Crippen molar-refractivity contribution >= 4 is 28.7 Å². The third-order valence-electron chi connectivity index (χ3n) is 3.04. The Bertz CT molecular complexity index is 753. The van der Waals surface area contributed by atoms with Gasteiger partial charge in [0.05, 0.1) is 17.7 Å². The first-order chi connectivity index (χ1) is 9.75. The average molecular weight is 284 g/mol. The maximum atomic E-state index is 11.2. The van der Waals surface area contributed by atoms with Crippen LogP contribution in [0.1, 0.15) is 5.56 Å². The Labute approximate surface area is 120 Å². The second-order valence-electron chi connectivity index (χ2n) is 4.37. The molecule has 0 bridgehead atoms. The van der Waals surface area contributed by atoms with Gasteiger partial charge in [0.15, 0.2) is 0 Å². The van der Waals surface area contributed by atoms with E-state index in [-0.39, 0.29) is 10.7 Å². The van der Waals surface area contributed by atoms with Crippen molar-refractivity contribution in [1.29, 1.82) is 0 Å². The molecule has 3 aromatic rings. The van der Waals surface area contributed by atoms with E-state index in [0.29, 0.717) is 5.75 Å². The topological polar surface area (TPSA) is 48.1 Å². The quantitative estimate of drug-likeness (QED) is 0.531. The van der Waals surface area contributed by atoms with Gasteiger partial charge in [-0.25, -0.2) is 0 Å². The van der Waals surface area contributed by atoms with Crippen molar-refractivity contribution in [3.05, 3.63) is 76.3 Å². The Morgan fingerprint density at radius 2 is 1.75 bits per heavy atom. The highest BCUT2D eigenvalue weighted by molar-refractivity contribution is 7.97. The molecule has 5 heteroatoms.